The van der Waals surface area contributed by atoms with E-state index in [1.807, 2.05) is 17.5 Å². The molecule has 2 rings (SSSR count). The van der Waals surface area contributed by atoms with E-state index in [9.17, 15) is 0 Å². The Bertz CT molecular complexity index is 337. The molecule has 3 N–H and O–H groups in total. The van der Waals surface area contributed by atoms with Gasteiger partial charge in [0.2, 0.25) is 0 Å². The van der Waals surface area contributed by atoms with Crippen molar-refractivity contribution < 1.29 is 0 Å². The van der Waals surface area contributed by atoms with Gasteiger partial charge in [0.05, 0.1) is 0 Å². The minimum Gasteiger partial charge on any atom is -0.330 e. The number of nitrogens with one attached hydrogen (secondary N) is 1. The maximum absolute atomic E-state index is 5.79. The van der Waals surface area contributed by atoms with E-state index >= 15 is 0 Å². The molecule has 2 unspecified atom stereocenters. The lowest BCUT2D eigenvalue weighted by Crippen LogP contribution is -2.28. The number of hydrogen-bond acceptors (Lipinski definition) is 4. The van der Waals surface area contributed by atoms with Crippen molar-refractivity contribution >= 4 is 11.3 Å². The van der Waals surface area contributed by atoms with E-state index in [1.165, 1.54) is 29.1 Å². The summed E-state index contributed by atoms with van der Waals surface area (Å²) in [6.07, 6.45) is 7.11. The van der Waals surface area contributed by atoms with Crippen LogP contribution in [-0.2, 0) is 13.0 Å². The molecule has 96 valence electrons. The minimum atomic E-state index is 0.741. The number of aryl methyl sites for hydroxylation is 1. The topological polar surface area (TPSA) is 50.9 Å². The van der Waals surface area contributed by atoms with E-state index in [0.717, 1.165) is 37.9 Å². The van der Waals surface area contributed by atoms with Crippen molar-refractivity contribution in [1.29, 1.82) is 0 Å². The number of nitrogens with two attached hydrogens (primary N) is 1. The SMILES string of the molecule is CCc1cnc(CNCC2CCCC2CN)s1. The molecule has 0 spiro atoms. The van der Waals surface area contributed by atoms with Gasteiger partial charge in [-0.15, -0.1) is 11.3 Å². The summed E-state index contributed by atoms with van der Waals surface area (Å²) in [5, 5.41) is 4.75. The maximum Gasteiger partial charge on any atom is 0.107 e. The summed E-state index contributed by atoms with van der Waals surface area (Å²) in [6, 6.07) is 0. The van der Waals surface area contributed by atoms with Gasteiger partial charge >= 0.3 is 0 Å². The highest BCUT2D eigenvalue weighted by molar-refractivity contribution is 7.11. The maximum atomic E-state index is 5.79. The minimum absolute atomic E-state index is 0.741. The van der Waals surface area contributed by atoms with Crippen molar-refractivity contribution in [2.75, 3.05) is 13.1 Å². The van der Waals surface area contributed by atoms with Gasteiger partial charge in [0.25, 0.3) is 0 Å². The lowest BCUT2D eigenvalue weighted by molar-refractivity contribution is 0.373. The Balaban J connectivity index is 1.72. The molecule has 4 heteroatoms. The summed E-state index contributed by atoms with van der Waals surface area (Å²) in [4.78, 5) is 5.80. The van der Waals surface area contributed by atoms with E-state index in [2.05, 4.69) is 17.2 Å². The van der Waals surface area contributed by atoms with Crippen molar-refractivity contribution in [2.24, 2.45) is 17.6 Å². The van der Waals surface area contributed by atoms with Crippen LogP contribution >= 0.6 is 11.3 Å². The van der Waals surface area contributed by atoms with E-state index < -0.39 is 0 Å². The van der Waals surface area contributed by atoms with Crippen LogP contribution in [0.25, 0.3) is 0 Å². The Morgan fingerprint density at radius 2 is 2.29 bits per heavy atom. The van der Waals surface area contributed by atoms with Gasteiger partial charge in [-0.3, -0.25) is 0 Å². The van der Waals surface area contributed by atoms with Crippen LogP contribution in [0.1, 0.15) is 36.1 Å². The van der Waals surface area contributed by atoms with Gasteiger partial charge in [-0.1, -0.05) is 13.3 Å². The zero-order valence-electron chi connectivity index (χ0n) is 10.6. The molecule has 1 aliphatic carbocycles. The van der Waals surface area contributed by atoms with Gasteiger partial charge in [-0.25, -0.2) is 4.98 Å². The lowest BCUT2D eigenvalue weighted by Gasteiger charge is -2.17. The van der Waals surface area contributed by atoms with Gasteiger partial charge < -0.3 is 11.1 Å². The molecule has 0 saturated heterocycles. The second-order valence-corrected chi connectivity index (χ2v) is 6.09. The number of nitrogens with zero attached hydrogens (tertiary/aromatic N) is 1. The zero-order valence-corrected chi connectivity index (χ0v) is 11.4. The van der Waals surface area contributed by atoms with Gasteiger partial charge in [0, 0.05) is 17.6 Å². The van der Waals surface area contributed by atoms with E-state index in [0.29, 0.717) is 0 Å². The highest BCUT2D eigenvalue weighted by Gasteiger charge is 2.25. The molecule has 1 aromatic rings. The van der Waals surface area contributed by atoms with Crippen LogP contribution in [0.3, 0.4) is 0 Å². The second kappa shape index (κ2) is 6.47. The first-order valence-electron chi connectivity index (χ1n) is 6.67. The van der Waals surface area contributed by atoms with Gasteiger partial charge in [-0.2, -0.15) is 0 Å². The fourth-order valence-corrected chi connectivity index (χ4v) is 3.48. The molecule has 0 bridgehead atoms. The van der Waals surface area contributed by atoms with Gasteiger partial charge in [0.1, 0.15) is 5.01 Å². The van der Waals surface area contributed by atoms with Crippen molar-refractivity contribution in [2.45, 2.75) is 39.2 Å². The Hall–Kier alpha value is -0.450. The van der Waals surface area contributed by atoms with E-state index in [-0.39, 0.29) is 0 Å². The molecule has 1 heterocycles. The molecule has 0 aromatic carbocycles. The summed E-state index contributed by atoms with van der Waals surface area (Å²) in [7, 11) is 0. The summed E-state index contributed by atoms with van der Waals surface area (Å²) >= 11 is 1.82. The Kier molecular flexibility index (Phi) is 4.95. The lowest BCUT2D eigenvalue weighted by atomic mass is 9.96. The van der Waals surface area contributed by atoms with Gasteiger partial charge in [0.15, 0.2) is 0 Å². The average Bonchev–Trinajstić information content (AvgIpc) is 2.97. The normalized spacial score (nSPS) is 24.4. The molecule has 3 nitrogen and oxygen atoms in total. The summed E-state index contributed by atoms with van der Waals surface area (Å²) in [5.74, 6) is 1.52. The highest BCUT2D eigenvalue weighted by Crippen LogP contribution is 2.30. The van der Waals surface area contributed by atoms with Gasteiger partial charge in [-0.05, 0) is 44.2 Å². The molecule has 1 aliphatic rings. The van der Waals surface area contributed by atoms with Crippen LogP contribution in [0.15, 0.2) is 6.20 Å². The summed E-state index contributed by atoms with van der Waals surface area (Å²) < 4.78 is 0. The quantitative estimate of drug-likeness (QED) is 0.817. The first-order valence-corrected chi connectivity index (χ1v) is 7.49. The third kappa shape index (κ3) is 3.50. The smallest absolute Gasteiger partial charge is 0.107 e. The summed E-state index contributed by atoms with van der Waals surface area (Å²) in [6.45, 7) is 5.04. The number of thiazole rings is 1. The van der Waals surface area contributed by atoms with Crippen molar-refractivity contribution in [3.8, 4) is 0 Å². The van der Waals surface area contributed by atoms with Crippen LogP contribution in [0.4, 0.5) is 0 Å². The molecular formula is C13H23N3S. The van der Waals surface area contributed by atoms with Crippen LogP contribution in [-0.4, -0.2) is 18.1 Å². The third-order valence-corrected chi connectivity index (χ3v) is 4.89. The molecule has 1 saturated carbocycles. The van der Waals surface area contributed by atoms with Crippen LogP contribution in [0, 0.1) is 11.8 Å². The molecule has 1 fully saturated rings. The Morgan fingerprint density at radius 3 is 3.00 bits per heavy atom. The average molecular weight is 253 g/mol. The monoisotopic (exact) mass is 253 g/mol. The summed E-state index contributed by atoms with van der Waals surface area (Å²) in [5.41, 5.74) is 5.79. The standard InChI is InChI=1S/C13H23N3S/c1-2-12-8-16-13(17-12)9-15-7-11-5-3-4-10(11)6-14/h8,10-11,15H,2-7,9,14H2,1H3. The molecule has 17 heavy (non-hydrogen) atoms. The Labute approximate surface area is 108 Å². The zero-order chi connectivity index (χ0) is 12.1. The molecule has 1 aromatic heterocycles. The molecule has 0 amide bonds. The number of rotatable bonds is 6. The fraction of sp³-hybridized carbons (Fsp3) is 0.769. The van der Waals surface area contributed by atoms with Crippen molar-refractivity contribution in [3.05, 3.63) is 16.1 Å². The molecular weight excluding hydrogens is 230 g/mol. The van der Waals surface area contributed by atoms with Crippen LogP contribution < -0.4 is 11.1 Å². The third-order valence-electron chi connectivity index (χ3n) is 3.75. The molecule has 0 aliphatic heterocycles. The number of hydrogen-bond donors (Lipinski definition) is 2. The predicted molar refractivity (Wildman–Crippen MR) is 73.1 cm³/mol. The largest absolute Gasteiger partial charge is 0.330 e. The van der Waals surface area contributed by atoms with E-state index in [1.54, 1.807) is 0 Å². The van der Waals surface area contributed by atoms with E-state index in [4.69, 9.17) is 5.73 Å². The van der Waals surface area contributed by atoms with Crippen LogP contribution in [0.2, 0.25) is 0 Å². The van der Waals surface area contributed by atoms with Crippen molar-refractivity contribution in [3.63, 3.8) is 0 Å². The molecule has 2 atom stereocenters. The fourth-order valence-electron chi connectivity index (χ4n) is 2.65. The first kappa shape index (κ1) is 13.0. The first-order chi connectivity index (χ1) is 8.33. The number of aromatic nitrogens is 1. The highest BCUT2D eigenvalue weighted by atomic mass is 32.1. The predicted octanol–water partition coefficient (Wildman–Crippen LogP) is 2.17. The molecule has 0 radical (unpaired) electrons. The van der Waals surface area contributed by atoms with Crippen LogP contribution in [0.5, 0.6) is 0 Å². The Morgan fingerprint density at radius 1 is 1.47 bits per heavy atom. The second-order valence-electron chi connectivity index (χ2n) is 4.89. The van der Waals surface area contributed by atoms with Crippen molar-refractivity contribution in [1.82, 2.24) is 10.3 Å².